The van der Waals surface area contributed by atoms with Gasteiger partial charge in [-0.25, -0.2) is 8.42 Å². The van der Waals surface area contributed by atoms with E-state index in [4.69, 9.17) is 11.6 Å². The van der Waals surface area contributed by atoms with Gasteiger partial charge in [0.2, 0.25) is 10.0 Å². The molecule has 0 aliphatic heterocycles. The summed E-state index contributed by atoms with van der Waals surface area (Å²) in [6.07, 6.45) is 0.684. The van der Waals surface area contributed by atoms with E-state index in [1.807, 2.05) is 12.1 Å². The van der Waals surface area contributed by atoms with Gasteiger partial charge < -0.3 is 0 Å². The fraction of sp³-hybridized carbons (Fsp3) is 0.294. The lowest BCUT2D eigenvalue weighted by Crippen LogP contribution is -2.34. The zero-order valence-electron chi connectivity index (χ0n) is 13.2. The Morgan fingerprint density at radius 2 is 1.72 bits per heavy atom. The first-order chi connectivity index (χ1) is 11.8. The monoisotopic (exact) mass is 571 g/mol. The molecule has 2 aromatic rings. The van der Waals surface area contributed by atoms with Crippen LogP contribution in [0.15, 0.2) is 53.0 Å². The SMILES string of the molecule is O=S(=O)(Cc1ccccc1Cl)N(CCC(Br)CBr)c1ccc(Br)cc1. The lowest BCUT2D eigenvalue weighted by Gasteiger charge is -2.25. The highest BCUT2D eigenvalue weighted by atomic mass is 79.9. The molecule has 0 fully saturated rings. The Morgan fingerprint density at radius 1 is 1.08 bits per heavy atom. The number of halogens is 4. The van der Waals surface area contributed by atoms with Gasteiger partial charge in [-0.2, -0.15) is 0 Å². The Balaban J connectivity index is 2.32. The Morgan fingerprint density at radius 3 is 2.32 bits per heavy atom. The predicted molar refractivity (Wildman–Crippen MR) is 117 cm³/mol. The van der Waals surface area contributed by atoms with Crippen LogP contribution in [0, 0.1) is 0 Å². The Bertz CT molecular complexity index is 800. The molecule has 0 saturated heterocycles. The van der Waals surface area contributed by atoms with E-state index in [0.29, 0.717) is 29.2 Å². The van der Waals surface area contributed by atoms with Crippen LogP contribution in [0.1, 0.15) is 12.0 Å². The molecule has 0 aliphatic carbocycles. The summed E-state index contributed by atoms with van der Waals surface area (Å²) >= 11 is 16.5. The first kappa shape index (κ1) is 21.2. The number of benzene rings is 2. The molecule has 0 spiro atoms. The third-order valence-corrected chi connectivity index (χ3v) is 8.63. The van der Waals surface area contributed by atoms with Crippen LogP contribution >= 0.6 is 59.4 Å². The van der Waals surface area contributed by atoms with E-state index in [2.05, 4.69) is 47.8 Å². The summed E-state index contributed by atoms with van der Waals surface area (Å²) in [5, 5.41) is 1.21. The molecule has 2 rings (SSSR count). The van der Waals surface area contributed by atoms with E-state index in [1.54, 1.807) is 36.4 Å². The van der Waals surface area contributed by atoms with E-state index >= 15 is 0 Å². The number of hydrogen-bond donors (Lipinski definition) is 0. The van der Waals surface area contributed by atoms with E-state index in [0.717, 1.165) is 9.80 Å². The van der Waals surface area contributed by atoms with E-state index in [1.165, 1.54) is 4.31 Å². The van der Waals surface area contributed by atoms with E-state index in [-0.39, 0.29) is 10.6 Å². The minimum Gasteiger partial charge on any atom is -0.270 e. The quantitative estimate of drug-likeness (QED) is 0.364. The van der Waals surface area contributed by atoms with Gasteiger partial charge in [0.15, 0.2) is 0 Å². The molecular weight excluding hydrogens is 557 g/mol. The molecule has 0 aromatic heterocycles. The zero-order chi connectivity index (χ0) is 18.4. The molecule has 8 heteroatoms. The molecule has 0 heterocycles. The topological polar surface area (TPSA) is 37.4 Å². The van der Waals surface area contributed by atoms with Crippen molar-refractivity contribution in [3.8, 4) is 0 Å². The summed E-state index contributed by atoms with van der Waals surface area (Å²) in [5.74, 6) is -0.135. The fourth-order valence-corrected chi connectivity index (χ4v) is 4.96. The second-order valence-corrected chi connectivity index (χ2v) is 10.6. The van der Waals surface area contributed by atoms with E-state index in [9.17, 15) is 8.42 Å². The lowest BCUT2D eigenvalue weighted by atomic mass is 10.2. The Kier molecular flexibility index (Phi) is 8.27. The van der Waals surface area contributed by atoms with Crippen LogP contribution in [0.5, 0.6) is 0 Å². The molecule has 3 nitrogen and oxygen atoms in total. The van der Waals surface area contributed by atoms with Crippen LogP contribution in [0.2, 0.25) is 5.02 Å². The summed E-state index contributed by atoms with van der Waals surface area (Å²) in [5.41, 5.74) is 1.24. The molecule has 2 aromatic carbocycles. The number of rotatable bonds is 8. The number of nitrogens with zero attached hydrogens (tertiary/aromatic N) is 1. The van der Waals surface area contributed by atoms with E-state index < -0.39 is 10.0 Å². The van der Waals surface area contributed by atoms with Crippen molar-refractivity contribution >= 4 is 75.1 Å². The van der Waals surface area contributed by atoms with Crippen molar-refractivity contribution in [2.45, 2.75) is 17.0 Å². The van der Waals surface area contributed by atoms with Crippen LogP contribution in [0.4, 0.5) is 5.69 Å². The van der Waals surface area contributed by atoms with Crippen LogP contribution in [-0.4, -0.2) is 25.1 Å². The summed E-state index contributed by atoms with van der Waals surface area (Å²) in [6, 6.07) is 14.3. The minimum absolute atomic E-state index is 0.135. The molecule has 1 unspecified atom stereocenters. The van der Waals surface area contributed by atoms with Crippen molar-refractivity contribution < 1.29 is 8.42 Å². The van der Waals surface area contributed by atoms with Gasteiger partial charge in [-0.1, -0.05) is 77.6 Å². The largest absolute Gasteiger partial charge is 0.270 e. The lowest BCUT2D eigenvalue weighted by molar-refractivity contribution is 0.588. The van der Waals surface area contributed by atoms with Crippen molar-refractivity contribution in [3.63, 3.8) is 0 Å². The average Bonchev–Trinajstić information content (AvgIpc) is 2.58. The van der Waals surface area contributed by atoms with Gasteiger partial charge >= 0.3 is 0 Å². The first-order valence-electron chi connectivity index (χ1n) is 7.53. The number of anilines is 1. The van der Waals surface area contributed by atoms with Crippen LogP contribution in [0.3, 0.4) is 0 Å². The number of sulfonamides is 1. The molecule has 136 valence electrons. The molecule has 1 atom stereocenters. The zero-order valence-corrected chi connectivity index (χ0v) is 19.5. The minimum atomic E-state index is -3.57. The summed E-state index contributed by atoms with van der Waals surface area (Å²) in [6.45, 7) is 0.385. The van der Waals surface area contributed by atoms with Gasteiger partial charge in [-0.05, 0) is 42.3 Å². The standard InChI is InChI=1S/C17H17Br3ClNO2S/c18-11-15(20)9-10-22(16-7-5-14(19)6-8-16)25(23,24)12-13-3-1-2-4-17(13)21/h1-8,15H,9-12H2. The van der Waals surface area contributed by atoms with Crippen molar-refractivity contribution in [2.24, 2.45) is 0 Å². The number of alkyl halides is 2. The molecule has 0 radical (unpaired) electrons. The number of hydrogen-bond acceptors (Lipinski definition) is 2. The molecule has 0 N–H and O–H groups in total. The highest BCUT2D eigenvalue weighted by molar-refractivity contribution is 9.12. The van der Waals surface area contributed by atoms with Crippen molar-refractivity contribution in [3.05, 3.63) is 63.6 Å². The maximum Gasteiger partial charge on any atom is 0.239 e. The average molecular weight is 575 g/mol. The van der Waals surface area contributed by atoms with Gasteiger partial charge in [0.1, 0.15) is 0 Å². The van der Waals surface area contributed by atoms with Gasteiger partial charge in [0.25, 0.3) is 0 Å². The molecule has 25 heavy (non-hydrogen) atoms. The maximum atomic E-state index is 13.1. The van der Waals surface area contributed by atoms with Gasteiger partial charge in [0, 0.05) is 26.2 Å². The Hall–Kier alpha value is -0.0800. The second-order valence-electron chi connectivity index (χ2n) is 5.44. The van der Waals surface area contributed by atoms with Crippen LogP contribution in [-0.2, 0) is 15.8 Å². The highest BCUT2D eigenvalue weighted by Gasteiger charge is 2.24. The first-order valence-corrected chi connectivity index (χ1v) is 12.3. The predicted octanol–water partition coefficient (Wildman–Crippen LogP) is 5.99. The van der Waals surface area contributed by atoms with Gasteiger partial charge in [0.05, 0.1) is 11.4 Å². The molecule has 0 bridgehead atoms. The summed E-state index contributed by atoms with van der Waals surface area (Å²) in [7, 11) is -3.57. The third-order valence-electron chi connectivity index (χ3n) is 3.56. The fourth-order valence-electron chi connectivity index (χ4n) is 2.26. The normalized spacial score (nSPS) is 12.8. The summed E-state index contributed by atoms with van der Waals surface area (Å²) < 4.78 is 28.5. The Labute approximate surface area is 179 Å². The van der Waals surface area contributed by atoms with Crippen molar-refractivity contribution in [1.82, 2.24) is 0 Å². The molecule has 0 amide bonds. The van der Waals surface area contributed by atoms with Crippen LogP contribution < -0.4 is 4.31 Å². The molecule has 0 aliphatic rings. The maximum absolute atomic E-state index is 13.1. The molecular formula is C17H17Br3ClNO2S. The highest BCUT2D eigenvalue weighted by Crippen LogP contribution is 2.26. The smallest absolute Gasteiger partial charge is 0.239 e. The van der Waals surface area contributed by atoms with Gasteiger partial charge in [-0.3, -0.25) is 4.31 Å². The van der Waals surface area contributed by atoms with Crippen molar-refractivity contribution in [1.29, 1.82) is 0 Å². The van der Waals surface area contributed by atoms with Crippen LogP contribution in [0.25, 0.3) is 0 Å². The van der Waals surface area contributed by atoms with Gasteiger partial charge in [-0.15, -0.1) is 0 Å². The van der Waals surface area contributed by atoms with Crippen molar-refractivity contribution in [2.75, 3.05) is 16.2 Å². The third kappa shape index (κ3) is 6.24. The molecule has 0 saturated carbocycles. The second kappa shape index (κ2) is 9.74. The summed E-state index contributed by atoms with van der Waals surface area (Å²) in [4.78, 5) is 0.195.